The zero-order valence-electron chi connectivity index (χ0n) is 18.3. The van der Waals surface area contributed by atoms with E-state index >= 15 is 0 Å². The van der Waals surface area contributed by atoms with Crippen LogP contribution in [0, 0.1) is 0 Å². The van der Waals surface area contributed by atoms with Crippen molar-refractivity contribution < 1.29 is 14.3 Å². The Balaban J connectivity index is 2.32. The number of unbranched alkanes of at least 4 members (excludes halogenated alkanes) is 4. The molecule has 0 aliphatic carbocycles. The molecule has 29 heavy (non-hydrogen) atoms. The van der Waals surface area contributed by atoms with Gasteiger partial charge in [0.15, 0.2) is 0 Å². The molecule has 158 valence electrons. The van der Waals surface area contributed by atoms with Crippen LogP contribution in [-0.2, 0) is 35.4 Å². The summed E-state index contributed by atoms with van der Waals surface area (Å²) in [7, 11) is 1.44. The predicted molar refractivity (Wildman–Crippen MR) is 119 cm³/mol. The van der Waals surface area contributed by atoms with Gasteiger partial charge in [-0.3, -0.25) is 4.79 Å². The molecule has 0 aliphatic heterocycles. The fourth-order valence-corrected chi connectivity index (χ4v) is 3.58. The molecule has 2 rings (SSSR count). The molecule has 0 saturated heterocycles. The van der Waals surface area contributed by atoms with Crippen LogP contribution in [0.1, 0.15) is 74.6 Å². The number of hydrogen-bond donors (Lipinski definition) is 0. The lowest BCUT2D eigenvalue weighted by Gasteiger charge is -2.18. The quantitative estimate of drug-likeness (QED) is 0.288. The van der Waals surface area contributed by atoms with Crippen molar-refractivity contribution >= 4 is 5.97 Å². The average molecular weight is 397 g/mol. The van der Waals surface area contributed by atoms with E-state index < -0.39 is 0 Å². The van der Waals surface area contributed by atoms with E-state index in [0.717, 1.165) is 36.1 Å². The van der Waals surface area contributed by atoms with Gasteiger partial charge in [-0.1, -0.05) is 82.0 Å². The molecule has 0 spiro atoms. The second kappa shape index (κ2) is 13.0. The molecular formula is C26H36O3. The van der Waals surface area contributed by atoms with Crippen molar-refractivity contribution in [3.63, 3.8) is 0 Å². The highest BCUT2D eigenvalue weighted by Crippen LogP contribution is 2.30. The zero-order chi connectivity index (χ0) is 20.9. The van der Waals surface area contributed by atoms with Gasteiger partial charge in [0, 0.05) is 5.56 Å². The Morgan fingerprint density at radius 3 is 2.14 bits per heavy atom. The number of aryl methyl sites for hydroxylation is 2. The first-order valence-corrected chi connectivity index (χ1v) is 11.1. The summed E-state index contributed by atoms with van der Waals surface area (Å²) in [6.07, 6.45) is 9.40. The van der Waals surface area contributed by atoms with Crippen LogP contribution in [0.3, 0.4) is 0 Å². The maximum absolute atomic E-state index is 12.1. The van der Waals surface area contributed by atoms with Crippen molar-refractivity contribution in [1.82, 2.24) is 0 Å². The van der Waals surface area contributed by atoms with Crippen LogP contribution in [0.5, 0.6) is 5.75 Å². The van der Waals surface area contributed by atoms with Gasteiger partial charge < -0.3 is 9.47 Å². The van der Waals surface area contributed by atoms with E-state index in [9.17, 15) is 4.79 Å². The van der Waals surface area contributed by atoms with Crippen LogP contribution in [0.2, 0.25) is 0 Å². The van der Waals surface area contributed by atoms with Gasteiger partial charge in [0.1, 0.15) is 12.4 Å². The van der Waals surface area contributed by atoms with Crippen LogP contribution in [0.25, 0.3) is 0 Å². The Hall–Kier alpha value is -2.29. The van der Waals surface area contributed by atoms with Gasteiger partial charge in [-0.15, -0.1) is 0 Å². The molecule has 0 aliphatic rings. The first kappa shape index (κ1) is 23.0. The third-order valence-corrected chi connectivity index (χ3v) is 5.21. The van der Waals surface area contributed by atoms with Crippen LogP contribution >= 0.6 is 0 Å². The molecule has 0 amide bonds. The van der Waals surface area contributed by atoms with Gasteiger partial charge >= 0.3 is 5.97 Å². The summed E-state index contributed by atoms with van der Waals surface area (Å²) in [5.74, 6) is 0.648. The first-order valence-electron chi connectivity index (χ1n) is 11.1. The number of benzene rings is 2. The molecular weight excluding hydrogens is 360 g/mol. The summed E-state index contributed by atoms with van der Waals surface area (Å²) >= 11 is 0. The largest absolute Gasteiger partial charge is 0.488 e. The molecule has 2 aromatic carbocycles. The lowest BCUT2D eigenvalue weighted by molar-refractivity contribution is -0.139. The average Bonchev–Trinajstić information content (AvgIpc) is 2.74. The maximum Gasteiger partial charge on any atom is 0.310 e. The van der Waals surface area contributed by atoms with E-state index in [0.29, 0.717) is 6.61 Å². The number of rotatable bonds is 13. The molecule has 0 N–H and O–H groups in total. The van der Waals surface area contributed by atoms with Crippen LogP contribution in [0.15, 0.2) is 42.5 Å². The Labute approximate surface area is 176 Å². The Bertz CT molecular complexity index is 737. The van der Waals surface area contributed by atoms with Crippen molar-refractivity contribution in [2.75, 3.05) is 7.11 Å². The summed E-state index contributed by atoms with van der Waals surface area (Å²) in [4.78, 5) is 12.1. The Morgan fingerprint density at radius 2 is 1.48 bits per heavy atom. The van der Waals surface area contributed by atoms with Crippen LogP contribution in [0.4, 0.5) is 0 Å². The molecule has 3 nitrogen and oxygen atoms in total. The molecule has 0 atom stereocenters. The number of ether oxygens (including phenoxy) is 2. The summed E-state index contributed by atoms with van der Waals surface area (Å²) < 4.78 is 11.3. The summed E-state index contributed by atoms with van der Waals surface area (Å²) in [5, 5.41) is 0. The summed E-state index contributed by atoms with van der Waals surface area (Å²) in [5.41, 5.74) is 4.61. The van der Waals surface area contributed by atoms with Crippen molar-refractivity contribution in [3.05, 3.63) is 64.7 Å². The minimum Gasteiger partial charge on any atom is -0.488 e. The number of hydrogen-bond acceptors (Lipinski definition) is 3. The normalized spacial score (nSPS) is 10.7. The van der Waals surface area contributed by atoms with E-state index in [-0.39, 0.29) is 12.4 Å². The standard InChI is InChI=1S/C26H36O3/c1-4-6-9-15-22-17-23(16-10-7-5-2)26(24(18-22)19-25(27)28-3)29-20-21-13-11-8-12-14-21/h8,11-14,17-18H,4-7,9-10,15-16,19-20H2,1-3H3. The van der Waals surface area contributed by atoms with Crippen LogP contribution < -0.4 is 4.74 Å². The second-order valence-electron chi connectivity index (χ2n) is 7.68. The summed E-state index contributed by atoms with van der Waals surface area (Å²) in [6.45, 7) is 4.95. The summed E-state index contributed by atoms with van der Waals surface area (Å²) in [6, 6.07) is 14.6. The van der Waals surface area contributed by atoms with Crippen LogP contribution in [-0.4, -0.2) is 13.1 Å². The SMILES string of the molecule is CCCCCc1cc(CCCCC)c(OCc2ccccc2)c(CC(=O)OC)c1. The molecule has 0 radical (unpaired) electrons. The smallest absolute Gasteiger partial charge is 0.310 e. The van der Waals surface area contributed by atoms with Crippen molar-refractivity contribution in [2.24, 2.45) is 0 Å². The van der Waals surface area contributed by atoms with Crippen molar-refractivity contribution in [1.29, 1.82) is 0 Å². The molecule has 2 aromatic rings. The highest BCUT2D eigenvalue weighted by atomic mass is 16.5. The van der Waals surface area contributed by atoms with Gasteiger partial charge in [-0.05, 0) is 42.4 Å². The Kier molecular flexibility index (Phi) is 10.3. The van der Waals surface area contributed by atoms with E-state index in [2.05, 4.69) is 38.1 Å². The van der Waals surface area contributed by atoms with E-state index in [4.69, 9.17) is 9.47 Å². The highest BCUT2D eigenvalue weighted by molar-refractivity contribution is 5.74. The van der Waals surface area contributed by atoms with Gasteiger partial charge in [0.2, 0.25) is 0 Å². The minimum atomic E-state index is -0.222. The number of methoxy groups -OCH3 is 1. The number of carbonyl (C=O) groups is 1. The molecule has 0 heterocycles. The van der Waals surface area contributed by atoms with E-state index in [1.807, 2.05) is 18.2 Å². The third-order valence-electron chi connectivity index (χ3n) is 5.21. The fourth-order valence-electron chi connectivity index (χ4n) is 3.58. The maximum atomic E-state index is 12.1. The van der Waals surface area contributed by atoms with Gasteiger partial charge in [0.05, 0.1) is 13.5 Å². The third kappa shape index (κ3) is 7.92. The van der Waals surface area contributed by atoms with Gasteiger partial charge in [-0.2, -0.15) is 0 Å². The minimum absolute atomic E-state index is 0.222. The molecule has 0 saturated carbocycles. The van der Waals surface area contributed by atoms with Crippen molar-refractivity contribution in [3.8, 4) is 5.75 Å². The van der Waals surface area contributed by atoms with Crippen molar-refractivity contribution in [2.45, 2.75) is 78.2 Å². The topological polar surface area (TPSA) is 35.5 Å². The highest BCUT2D eigenvalue weighted by Gasteiger charge is 2.16. The van der Waals surface area contributed by atoms with E-state index in [1.54, 1.807) is 0 Å². The van der Waals surface area contributed by atoms with E-state index in [1.165, 1.54) is 50.3 Å². The Morgan fingerprint density at radius 1 is 0.828 bits per heavy atom. The first-order chi connectivity index (χ1) is 14.2. The number of esters is 1. The fraction of sp³-hybridized carbons (Fsp3) is 0.500. The second-order valence-corrected chi connectivity index (χ2v) is 7.68. The molecule has 0 bridgehead atoms. The van der Waals surface area contributed by atoms with Gasteiger partial charge in [-0.25, -0.2) is 0 Å². The predicted octanol–water partition coefficient (Wildman–Crippen LogP) is 6.45. The molecule has 0 aromatic heterocycles. The lowest BCUT2D eigenvalue weighted by Crippen LogP contribution is -2.10. The van der Waals surface area contributed by atoms with Gasteiger partial charge in [0.25, 0.3) is 0 Å². The molecule has 0 fully saturated rings. The number of carbonyl (C=O) groups excluding carboxylic acids is 1. The molecule has 0 unspecified atom stereocenters. The zero-order valence-corrected chi connectivity index (χ0v) is 18.3. The lowest BCUT2D eigenvalue weighted by atomic mass is 9.95. The monoisotopic (exact) mass is 396 g/mol. The molecule has 3 heteroatoms.